The Kier molecular flexibility index (Phi) is 7.38. The summed E-state index contributed by atoms with van der Waals surface area (Å²) in [6.07, 6.45) is 1.62. The number of methoxy groups -OCH3 is 1. The zero-order valence-corrected chi connectivity index (χ0v) is 23.3. The number of para-hydroxylation sites is 1. The highest BCUT2D eigenvalue weighted by molar-refractivity contribution is 7.92. The molecule has 38 heavy (non-hydrogen) atoms. The number of thiazole rings is 1. The quantitative estimate of drug-likeness (QED) is 0.318. The van der Waals surface area contributed by atoms with Gasteiger partial charge in [0.2, 0.25) is 0 Å². The van der Waals surface area contributed by atoms with Crippen LogP contribution in [-0.2, 0) is 16.4 Å². The molecule has 4 aromatic rings. The Morgan fingerprint density at radius 2 is 1.82 bits per heavy atom. The summed E-state index contributed by atoms with van der Waals surface area (Å²) in [7, 11) is 1.75. The van der Waals surface area contributed by atoms with Crippen molar-refractivity contribution in [1.29, 1.82) is 0 Å². The molecule has 0 spiro atoms. The van der Waals surface area contributed by atoms with E-state index in [2.05, 4.69) is 0 Å². The van der Waals surface area contributed by atoms with Crippen LogP contribution in [0.1, 0.15) is 22.3 Å². The average molecular weight is 551 g/mol. The zero-order valence-electron chi connectivity index (χ0n) is 21.6. The van der Waals surface area contributed by atoms with Gasteiger partial charge in [-0.15, -0.1) is 0 Å². The standard InChI is InChI=1S/C28H30N4O4S2/c1-30(2)17-18-31(28-29-24-19-22(36-3)12-15-26(24)37-28)27(33)21-10-13-23(14-11-21)38(34,35)32-16-6-8-20-7-4-5-9-25(20)32/h4-5,7,9-15,19H,6,8,16-18H2,1-3H3. The van der Waals surface area contributed by atoms with Crippen LogP contribution in [0.2, 0.25) is 0 Å². The summed E-state index contributed by atoms with van der Waals surface area (Å²) in [6.45, 7) is 1.51. The molecular weight excluding hydrogens is 520 g/mol. The fraction of sp³-hybridized carbons (Fsp3) is 0.286. The predicted molar refractivity (Wildman–Crippen MR) is 152 cm³/mol. The molecule has 3 aromatic carbocycles. The lowest BCUT2D eigenvalue weighted by Gasteiger charge is -2.30. The van der Waals surface area contributed by atoms with Gasteiger partial charge in [0.1, 0.15) is 5.75 Å². The van der Waals surface area contributed by atoms with Crippen LogP contribution in [0.4, 0.5) is 10.8 Å². The Labute approximate surface area is 227 Å². The minimum absolute atomic E-state index is 0.165. The molecule has 0 atom stereocenters. The van der Waals surface area contributed by atoms with Crippen LogP contribution in [0.25, 0.3) is 10.2 Å². The molecular formula is C28H30N4O4S2. The number of hydrogen-bond acceptors (Lipinski definition) is 7. The number of aromatic nitrogens is 1. The van der Waals surface area contributed by atoms with E-state index in [1.54, 1.807) is 24.1 Å². The third-order valence-corrected chi connectivity index (χ3v) is 9.47. The average Bonchev–Trinajstić information content (AvgIpc) is 3.35. The summed E-state index contributed by atoms with van der Waals surface area (Å²) >= 11 is 1.44. The Hall–Kier alpha value is -3.47. The zero-order chi connectivity index (χ0) is 26.9. The van der Waals surface area contributed by atoms with Crippen molar-refractivity contribution in [3.05, 3.63) is 77.9 Å². The van der Waals surface area contributed by atoms with E-state index < -0.39 is 10.0 Å². The first-order chi connectivity index (χ1) is 18.3. The molecule has 0 radical (unpaired) electrons. The molecule has 0 bridgehead atoms. The molecule has 1 aromatic heterocycles. The fourth-order valence-corrected chi connectivity index (χ4v) is 7.03. The number of anilines is 2. The highest BCUT2D eigenvalue weighted by Gasteiger charge is 2.29. The van der Waals surface area contributed by atoms with Gasteiger partial charge in [0.05, 0.1) is 27.9 Å². The molecule has 1 amide bonds. The smallest absolute Gasteiger partial charge is 0.264 e. The topological polar surface area (TPSA) is 83.0 Å². The normalized spacial score (nSPS) is 13.5. The van der Waals surface area contributed by atoms with Gasteiger partial charge in [-0.05, 0) is 75.0 Å². The van der Waals surface area contributed by atoms with Crippen LogP contribution in [-0.4, -0.2) is 65.0 Å². The van der Waals surface area contributed by atoms with Gasteiger partial charge in [0, 0.05) is 31.3 Å². The van der Waals surface area contributed by atoms with Gasteiger partial charge in [-0.3, -0.25) is 14.0 Å². The first-order valence-corrected chi connectivity index (χ1v) is 14.7. The van der Waals surface area contributed by atoms with Crippen LogP contribution >= 0.6 is 11.3 Å². The number of nitrogens with zero attached hydrogens (tertiary/aromatic N) is 4. The molecule has 0 fully saturated rings. The number of sulfonamides is 1. The molecule has 0 aliphatic carbocycles. The summed E-state index contributed by atoms with van der Waals surface area (Å²) < 4.78 is 34.8. The van der Waals surface area contributed by atoms with E-state index in [9.17, 15) is 13.2 Å². The molecule has 0 saturated carbocycles. The van der Waals surface area contributed by atoms with E-state index in [4.69, 9.17) is 9.72 Å². The first-order valence-electron chi connectivity index (χ1n) is 12.4. The van der Waals surface area contributed by atoms with Gasteiger partial charge in [0.15, 0.2) is 5.13 Å². The van der Waals surface area contributed by atoms with E-state index in [1.807, 2.05) is 61.5 Å². The Balaban J connectivity index is 1.44. The lowest BCUT2D eigenvalue weighted by atomic mass is 10.0. The molecule has 0 N–H and O–H groups in total. The van der Waals surface area contributed by atoms with Crippen molar-refractivity contribution < 1.29 is 17.9 Å². The van der Waals surface area contributed by atoms with Crippen LogP contribution in [0.15, 0.2) is 71.6 Å². The van der Waals surface area contributed by atoms with Crippen LogP contribution in [0.3, 0.4) is 0 Å². The van der Waals surface area contributed by atoms with Gasteiger partial charge >= 0.3 is 0 Å². The van der Waals surface area contributed by atoms with Crippen molar-refractivity contribution in [3.8, 4) is 5.75 Å². The van der Waals surface area contributed by atoms with Gasteiger partial charge in [-0.1, -0.05) is 29.5 Å². The number of rotatable bonds is 8. The second kappa shape index (κ2) is 10.7. The van der Waals surface area contributed by atoms with Gasteiger partial charge in [-0.25, -0.2) is 13.4 Å². The molecule has 1 aliphatic rings. The molecule has 8 nitrogen and oxygen atoms in total. The van der Waals surface area contributed by atoms with Gasteiger partial charge < -0.3 is 9.64 Å². The molecule has 198 valence electrons. The van der Waals surface area contributed by atoms with E-state index in [1.165, 1.54) is 27.8 Å². The second-order valence-corrected chi connectivity index (χ2v) is 12.3. The predicted octanol–water partition coefficient (Wildman–Crippen LogP) is 4.65. The van der Waals surface area contributed by atoms with Crippen molar-refractivity contribution in [2.45, 2.75) is 17.7 Å². The maximum Gasteiger partial charge on any atom is 0.264 e. The van der Waals surface area contributed by atoms with E-state index in [0.717, 1.165) is 34.3 Å². The monoisotopic (exact) mass is 550 g/mol. The number of carbonyl (C=O) groups is 1. The van der Waals surface area contributed by atoms with Crippen molar-refractivity contribution >= 4 is 48.3 Å². The molecule has 10 heteroatoms. The minimum Gasteiger partial charge on any atom is -0.497 e. The van der Waals surface area contributed by atoms with E-state index in [-0.39, 0.29) is 10.8 Å². The minimum atomic E-state index is -3.76. The maximum absolute atomic E-state index is 13.7. The maximum atomic E-state index is 13.7. The molecule has 0 saturated heterocycles. The molecule has 5 rings (SSSR count). The Bertz CT molecular complexity index is 1570. The van der Waals surface area contributed by atoms with Crippen LogP contribution < -0.4 is 13.9 Å². The lowest BCUT2D eigenvalue weighted by molar-refractivity contribution is 0.0985. The molecule has 0 unspecified atom stereocenters. The Morgan fingerprint density at radius 3 is 2.55 bits per heavy atom. The van der Waals surface area contributed by atoms with E-state index in [0.29, 0.717) is 36.1 Å². The second-order valence-electron chi connectivity index (χ2n) is 9.42. The number of hydrogen-bond donors (Lipinski definition) is 0. The van der Waals surface area contributed by atoms with Gasteiger partial charge in [-0.2, -0.15) is 0 Å². The van der Waals surface area contributed by atoms with Crippen LogP contribution in [0.5, 0.6) is 5.75 Å². The summed E-state index contributed by atoms with van der Waals surface area (Å²) in [5.74, 6) is 0.471. The number of amides is 1. The largest absolute Gasteiger partial charge is 0.497 e. The number of ether oxygens (including phenoxy) is 1. The van der Waals surface area contributed by atoms with Crippen molar-refractivity contribution in [2.75, 3.05) is 50.0 Å². The number of carbonyl (C=O) groups excluding carboxylic acids is 1. The van der Waals surface area contributed by atoms with Crippen molar-refractivity contribution in [3.63, 3.8) is 0 Å². The third kappa shape index (κ3) is 5.11. The summed E-state index contributed by atoms with van der Waals surface area (Å²) in [6, 6.07) is 19.5. The summed E-state index contributed by atoms with van der Waals surface area (Å²) in [5, 5.41) is 0.585. The lowest BCUT2D eigenvalue weighted by Crippen LogP contribution is -2.37. The highest BCUT2D eigenvalue weighted by atomic mass is 32.2. The summed E-state index contributed by atoms with van der Waals surface area (Å²) in [5.41, 5.74) is 2.91. The number of benzene rings is 3. The molecule has 1 aliphatic heterocycles. The third-order valence-electron chi connectivity index (χ3n) is 6.59. The SMILES string of the molecule is COc1ccc2sc(N(CCN(C)C)C(=O)c3ccc(S(=O)(=O)N4CCCc5ccccc54)cc3)nc2c1. The number of fused-ring (bicyclic) bond motifs is 2. The number of likely N-dealkylation sites (N-methyl/N-ethyl adjacent to an activating group) is 1. The summed E-state index contributed by atoms with van der Waals surface area (Å²) in [4.78, 5) is 22.2. The Morgan fingerprint density at radius 1 is 1.05 bits per heavy atom. The van der Waals surface area contributed by atoms with Crippen molar-refractivity contribution in [2.24, 2.45) is 0 Å². The first kappa shape index (κ1) is 26.1. The highest BCUT2D eigenvalue weighted by Crippen LogP contribution is 2.33. The van der Waals surface area contributed by atoms with Crippen LogP contribution in [0, 0.1) is 0 Å². The van der Waals surface area contributed by atoms with E-state index >= 15 is 0 Å². The molecule has 2 heterocycles. The van der Waals surface area contributed by atoms with Gasteiger partial charge in [0.25, 0.3) is 15.9 Å². The fourth-order valence-electron chi connectivity index (χ4n) is 4.52. The number of aryl methyl sites for hydroxylation is 1. The van der Waals surface area contributed by atoms with Crippen molar-refractivity contribution in [1.82, 2.24) is 9.88 Å².